The van der Waals surface area contributed by atoms with E-state index in [4.69, 9.17) is 16.3 Å². The molecule has 186 valence electrons. The van der Waals surface area contributed by atoms with Crippen LogP contribution in [-0.2, 0) is 22.3 Å². The number of amides is 1. The summed E-state index contributed by atoms with van der Waals surface area (Å²) in [6.07, 6.45) is 0.257. The molecule has 0 atom stereocenters. The van der Waals surface area contributed by atoms with Crippen LogP contribution < -0.4 is 5.32 Å². The summed E-state index contributed by atoms with van der Waals surface area (Å²) in [5.41, 5.74) is 1.34. The fraction of sp³-hybridized carbons (Fsp3) is 0.619. The van der Waals surface area contributed by atoms with Gasteiger partial charge in [-0.15, -0.1) is 22.9 Å². The molecule has 1 aliphatic rings. The monoisotopic (exact) mass is 509 g/mol. The molecule has 0 fully saturated rings. The number of alkyl halides is 4. The quantitative estimate of drug-likeness (QED) is 0.160. The Morgan fingerprint density at radius 2 is 2.06 bits per heavy atom. The predicted molar refractivity (Wildman–Crippen MR) is 127 cm³/mol. The normalized spacial score (nSPS) is 14.3. The van der Waals surface area contributed by atoms with Gasteiger partial charge in [-0.05, 0) is 19.6 Å². The van der Waals surface area contributed by atoms with Gasteiger partial charge in [-0.25, -0.2) is 9.98 Å². The Kier molecular flexibility index (Phi) is 13.2. The van der Waals surface area contributed by atoms with Crippen LogP contribution in [0.5, 0.6) is 0 Å². The molecular weight excluding hydrogens is 479 g/mol. The third-order valence-corrected chi connectivity index (χ3v) is 5.54. The number of aliphatic imine (C=N–C) groups is 2. The number of carbonyl (C=O) groups excluding carboxylic acids is 1. The van der Waals surface area contributed by atoms with Gasteiger partial charge in [-0.3, -0.25) is 9.79 Å². The van der Waals surface area contributed by atoms with E-state index < -0.39 is 11.2 Å². The first-order valence-electron chi connectivity index (χ1n) is 10.6. The zero-order valence-electron chi connectivity index (χ0n) is 19.2. The Morgan fingerprint density at radius 1 is 1.33 bits per heavy atom. The topological polar surface area (TPSA) is 79.2 Å². The van der Waals surface area contributed by atoms with E-state index in [2.05, 4.69) is 40.9 Å². The van der Waals surface area contributed by atoms with Crippen molar-refractivity contribution >= 4 is 41.4 Å². The van der Waals surface area contributed by atoms with E-state index in [-0.39, 0.29) is 30.8 Å². The maximum atomic E-state index is 12.6. The van der Waals surface area contributed by atoms with Crippen molar-refractivity contribution in [3.63, 3.8) is 0 Å². The van der Waals surface area contributed by atoms with Crippen molar-refractivity contribution in [3.8, 4) is 0 Å². The third kappa shape index (κ3) is 10.2. The van der Waals surface area contributed by atoms with Crippen molar-refractivity contribution in [3.05, 3.63) is 27.4 Å². The lowest BCUT2D eigenvalue weighted by molar-refractivity contribution is -0.137. The summed E-state index contributed by atoms with van der Waals surface area (Å²) in [4.78, 5) is 24.9. The third-order valence-electron chi connectivity index (χ3n) is 4.38. The van der Waals surface area contributed by atoms with Crippen LogP contribution in [0.1, 0.15) is 49.9 Å². The molecule has 0 aliphatic carbocycles. The minimum atomic E-state index is -4.47. The molecule has 12 heteroatoms. The molecule has 1 aromatic heterocycles. The number of thiazole rings is 1. The molecular formula is C21H31ClF3N5O2S. The summed E-state index contributed by atoms with van der Waals surface area (Å²) in [6, 6.07) is 0.138. The van der Waals surface area contributed by atoms with Gasteiger partial charge >= 0.3 is 6.18 Å². The molecule has 0 radical (unpaired) electrons. The highest BCUT2D eigenvalue weighted by molar-refractivity contribution is 7.11. The Balaban J connectivity index is 0.000000582. The predicted octanol–water partition coefficient (Wildman–Crippen LogP) is 4.88. The molecule has 0 spiro atoms. The summed E-state index contributed by atoms with van der Waals surface area (Å²) >= 11 is 6.22. The van der Waals surface area contributed by atoms with E-state index in [1.54, 1.807) is 4.90 Å². The van der Waals surface area contributed by atoms with Crippen molar-refractivity contribution < 1.29 is 22.7 Å². The van der Waals surface area contributed by atoms with Crippen molar-refractivity contribution in [2.45, 2.75) is 52.8 Å². The highest BCUT2D eigenvalue weighted by Gasteiger charge is 2.34. The van der Waals surface area contributed by atoms with Crippen LogP contribution in [0.4, 0.5) is 13.2 Å². The summed E-state index contributed by atoms with van der Waals surface area (Å²) in [5, 5.41) is 2.02. The SMILES string of the molecule is C=NC(=NCc1cnc(C(F)(F)F)s1)C1=C(NCCl)CN(C(C)=O)C1.CCCCOCCC. The molecule has 0 bridgehead atoms. The standard InChI is InChI=1S/C14H15ClF3N5OS.C7H16O/c1-8(24)23-5-10(11(6-23)22-7-15)12(19-2)20-3-9-4-21-13(25-9)14(16,17)18;1-3-5-7-8-6-4-2/h4,22H,2-3,5-7H2,1H3;3-7H2,1-2H3. The van der Waals surface area contributed by atoms with Gasteiger partial charge < -0.3 is 15.0 Å². The second-order valence-electron chi connectivity index (χ2n) is 7.04. The first-order valence-corrected chi connectivity index (χ1v) is 11.9. The minimum absolute atomic E-state index is 0.0141. The zero-order valence-corrected chi connectivity index (χ0v) is 20.7. The van der Waals surface area contributed by atoms with Gasteiger partial charge in [0.1, 0.15) is 0 Å². The Bertz CT molecular complexity index is 821. The fourth-order valence-electron chi connectivity index (χ4n) is 2.70. The molecule has 1 N–H and O–H groups in total. The number of nitrogens with zero attached hydrogens (tertiary/aromatic N) is 4. The number of hydrogen-bond donors (Lipinski definition) is 1. The molecule has 0 aromatic carbocycles. The molecule has 0 saturated heterocycles. The highest BCUT2D eigenvalue weighted by atomic mass is 35.5. The zero-order chi connectivity index (χ0) is 24.9. The first kappa shape index (κ1) is 29.1. The summed E-state index contributed by atoms with van der Waals surface area (Å²) in [5.74, 6) is 0.142. The lowest BCUT2D eigenvalue weighted by Gasteiger charge is -2.13. The van der Waals surface area contributed by atoms with E-state index in [0.717, 1.165) is 25.8 Å². The van der Waals surface area contributed by atoms with E-state index in [1.165, 1.54) is 19.8 Å². The minimum Gasteiger partial charge on any atom is -0.381 e. The Morgan fingerprint density at radius 3 is 2.58 bits per heavy atom. The number of nitrogens with one attached hydrogen (secondary N) is 1. The average molecular weight is 510 g/mol. The smallest absolute Gasteiger partial charge is 0.381 e. The number of carbonyl (C=O) groups is 1. The van der Waals surface area contributed by atoms with E-state index in [0.29, 0.717) is 34.0 Å². The van der Waals surface area contributed by atoms with Gasteiger partial charge in [0.15, 0.2) is 10.8 Å². The maximum Gasteiger partial charge on any atom is 0.443 e. The number of hydrogen-bond acceptors (Lipinski definition) is 6. The molecule has 33 heavy (non-hydrogen) atoms. The van der Waals surface area contributed by atoms with Crippen molar-refractivity contribution in [2.75, 3.05) is 32.3 Å². The van der Waals surface area contributed by atoms with E-state index >= 15 is 0 Å². The van der Waals surface area contributed by atoms with Crippen molar-refractivity contribution in [1.29, 1.82) is 0 Å². The lowest BCUT2D eigenvalue weighted by atomic mass is 10.2. The fourth-order valence-corrected chi connectivity index (χ4v) is 3.56. The van der Waals surface area contributed by atoms with Gasteiger partial charge in [0.25, 0.3) is 0 Å². The van der Waals surface area contributed by atoms with Gasteiger partial charge in [-0.2, -0.15) is 13.2 Å². The van der Waals surface area contributed by atoms with Crippen molar-refractivity contribution in [1.82, 2.24) is 15.2 Å². The van der Waals surface area contributed by atoms with Crippen LogP contribution in [0.15, 0.2) is 27.5 Å². The van der Waals surface area contributed by atoms with Gasteiger partial charge in [0, 0.05) is 42.5 Å². The number of halogens is 4. The first-order chi connectivity index (χ1) is 15.7. The van der Waals surface area contributed by atoms with Crippen LogP contribution in [0.25, 0.3) is 0 Å². The van der Waals surface area contributed by atoms with Crippen LogP contribution in [-0.4, -0.2) is 60.7 Å². The Hall–Kier alpha value is -1.98. The molecule has 1 aromatic rings. The lowest BCUT2D eigenvalue weighted by Crippen LogP contribution is -2.28. The molecule has 0 saturated carbocycles. The summed E-state index contributed by atoms with van der Waals surface area (Å²) < 4.78 is 43.0. The van der Waals surface area contributed by atoms with Crippen LogP contribution in [0, 0.1) is 0 Å². The molecule has 1 amide bonds. The van der Waals surface area contributed by atoms with Gasteiger partial charge in [0.05, 0.1) is 25.6 Å². The number of aromatic nitrogens is 1. The summed E-state index contributed by atoms with van der Waals surface area (Å²) in [6.45, 7) is 11.7. The van der Waals surface area contributed by atoms with E-state index in [9.17, 15) is 18.0 Å². The number of rotatable bonds is 10. The molecule has 1 aliphatic heterocycles. The largest absolute Gasteiger partial charge is 0.443 e. The second kappa shape index (κ2) is 15.0. The number of unbranched alkanes of at least 4 members (excludes halogenated alkanes) is 1. The van der Waals surface area contributed by atoms with Crippen LogP contribution in [0.3, 0.4) is 0 Å². The maximum absolute atomic E-state index is 12.6. The van der Waals surface area contributed by atoms with Gasteiger partial charge in [-0.1, -0.05) is 20.3 Å². The van der Waals surface area contributed by atoms with Gasteiger partial charge in [0.2, 0.25) is 5.91 Å². The molecule has 7 nitrogen and oxygen atoms in total. The molecule has 2 heterocycles. The number of ether oxygens (including phenoxy) is 1. The highest BCUT2D eigenvalue weighted by Crippen LogP contribution is 2.32. The van der Waals surface area contributed by atoms with Crippen LogP contribution in [0.2, 0.25) is 0 Å². The number of amidine groups is 1. The second-order valence-corrected chi connectivity index (χ2v) is 8.42. The Labute approximate surface area is 201 Å². The molecule has 0 unspecified atom stereocenters. The van der Waals surface area contributed by atoms with Crippen molar-refractivity contribution in [2.24, 2.45) is 9.98 Å². The molecule has 2 rings (SSSR count). The average Bonchev–Trinajstić information content (AvgIpc) is 3.41. The van der Waals surface area contributed by atoms with E-state index in [1.807, 2.05) is 0 Å². The van der Waals surface area contributed by atoms with Crippen LogP contribution >= 0.6 is 22.9 Å². The summed E-state index contributed by atoms with van der Waals surface area (Å²) in [7, 11) is 0.